The number of carbonyl (C=O) groups is 1. The van der Waals surface area contributed by atoms with Gasteiger partial charge in [0, 0.05) is 30.8 Å². The molecule has 1 aromatic heterocycles. The van der Waals surface area contributed by atoms with Crippen molar-refractivity contribution < 1.29 is 13.9 Å². The summed E-state index contributed by atoms with van der Waals surface area (Å²) in [7, 11) is 0. The van der Waals surface area contributed by atoms with E-state index in [4.69, 9.17) is 22.1 Å². The second-order valence-electron chi connectivity index (χ2n) is 5.31. The summed E-state index contributed by atoms with van der Waals surface area (Å²) in [5.74, 6) is -1.15. The molecule has 1 atom stereocenters. The Balaban J connectivity index is 2.71. The Morgan fingerprint density at radius 2 is 2.25 bits per heavy atom. The van der Waals surface area contributed by atoms with E-state index in [1.165, 1.54) is 12.3 Å². The minimum absolute atomic E-state index is 0.119. The lowest BCUT2D eigenvalue weighted by molar-refractivity contribution is 0.0524. The third kappa shape index (κ3) is 4.94. The molecule has 7 heteroatoms. The lowest BCUT2D eigenvalue weighted by atomic mass is 10.0. The Morgan fingerprint density at radius 3 is 2.75 bits per heavy atom. The first-order valence-electron chi connectivity index (χ1n) is 6.21. The molecule has 0 aliphatic rings. The molecule has 0 bridgehead atoms. The van der Waals surface area contributed by atoms with Crippen LogP contribution in [0.25, 0.3) is 0 Å². The molecular weight excluding hydrogens is 285 g/mol. The number of pyridine rings is 1. The van der Waals surface area contributed by atoms with Crippen molar-refractivity contribution in [3.8, 4) is 0 Å². The van der Waals surface area contributed by atoms with Gasteiger partial charge in [-0.2, -0.15) is 4.39 Å². The summed E-state index contributed by atoms with van der Waals surface area (Å²) < 4.78 is 18.8. The van der Waals surface area contributed by atoms with E-state index in [2.05, 4.69) is 10.3 Å². The van der Waals surface area contributed by atoms with Crippen molar-refractivity contribution in [1.29, 1.82) is 0 Å². The number of amides is 1. The van der Waals surface area contributed by atoms with Gasteiger partial charge in [-0.15, -0.1) is 0 Å². The average Bonchev–Trinajstić information content (AvgIpc) is 2.30. The van der Waals surface area contributed by atoms with Crippen LogP contribution in [0.1, 0.15) is 32.3 Å². The van der Waals surface area contributed by atoms with Crippen LogP contribution in [0.3, 0.4) is 0 Å². The molecule has 0 radical (unpaired) electrons. The zero-order valence-corrected chi connectivity index (χ0v) is 12.5. The third-order valence-corrected chi connectivity index (χ3v) is 2.80. The third-order valence-electron chi connectivity index (χ3n) is 2.47. The largest absolute Gasteiger partial charge is 0.444 e. The minimum atomic E-state index is -0.682. The fraction of sp³-hybridized carbons (Fsp3) is 0.538. The fourth-order valence-electron chi connectivity index (χ4n) is 1.61. The van der Waals surface area contributed by atoms with E-state index >= 15 is 0 Å². The van der Waals surface area contributed by atoms with E-state index in [0.29, 0.717) is 0 Å². The first-order chi connectivity index (χ1) is 9.24. The Bertz CT molecular complexity index is 457. The normalized spacial score (nSPS) is 12.9. The number of nitrogens with one attached hydrogen (secondary N) is 1. The zero-order chi connectivity index (χ0) is 15.3. The van der Waals surface area contributed by atoms with Crippen LogP contribution in [0.4, 0.5) is 9.18 Å². The van der Waals surface area contributed by atoms with Gasteiger partial charge < -0.3 is 15.8 Å². The Kier molecular flexibility index (Phi) is 5.71. The highest BCUT2D eigenvalue weighted by atomic mass is 35.5. The van der Waals surface area contributed by atoms with Crippen molar-refractivity contribution in [2.75, 3.05) is 13.1 Å². The van der Waals surface area contributed by atoms with Gasteiger partial charge in [0.1, 0.15) is 5.60 Å². The van der Waals surface area contributed by atoms with Gasteiger partial charge in [0.05, 0.1) is 5.02 Å². The van der Waals surface area contributed by atoms with Crippen LogP contribution < -0.4 is 11.1 Å². The summed E-state index contributed by atoms with van der Waals surface area (Å²) >= 11 is 5.95. The smallest absolute Gasteiger partial charge is 0.407 e. The molecular formula is C13H19ClFN3O2. The predicted octanol–water partition coefficient (Wildman–Crippen LogP) is 2.44. The fourth-order valence-corrected chi connectivity index (χ4v) is 1.90. The summed E-state index contributed by atoms with van der Waals surface area (Å²) in [6, 6.07) is 1.48. The number of alkyl carbamates (subject to hydrolysis) is 1. The molecule has 3 N–H and O–H groups in total. The lowest BCUT2D eigenvalue weighted by Crippen LogP contribution is -2.36. The van der Waals surface area contributed by atoms with Crippen molar-refractivity contribution in [3.63, 3.8) is 0 Å². The topological polar surface area (TPSA) is 77.2 Å². The SMILES string of the molecule is CC(C)(C)OC(=O)NCC(CN)c1c(Cl)ccnc1F. The van der Waals surface area contributed by atoms with Gasteiger partial charge in [0.25, 0.3) is 0 Å². The van der Waals surface area contributed by atoms with Crippen molar-refractivity contribution in [3.05, 3.63) is 28.8 Å². The zero-order valence-electron chi connectivity index (χ0n) is 11.7. The summed E-state index contributed by atoms with van der Waals surface area (Å²) in [6.45, 7) is 5.51. The Labute approximate surface area is 122 Å². The number of aromatic nitrogens is 1. The molecule has 1 aromatic rings. The number of halogens is 2. The van der Waals surface area contributed by atoms with Crippen molar-refractivity contribution in [2.45, 2.75) is 32.3 Å². The molecule has 0 fully saturated rings. The molecule has 0 saturated carbocycles. The highest BCUT2D eigenvalue weighted by molar-refractivity contribution is 6.31. The lowest BCUT2D eigenvalue weighted by Gasteiger charge is -2.22. The number of nitrogens with two attached hydrogens (primary N) is 1. The van der Waals surface area contributed by atoms with Crippen LogP contribution in [0.15, 0.2) is 12.3 Å². The monoisotopic (exact) mass is 303 g/mol. The van der Waals surface area contributed by atoms with E-state index in [-0.39, 0.29) is 23.7 Å². The van der Waals surface area contributed by atoms with Crippen molar-refractivity contribution >= 4 is 17.7 Å². The summed E-state index contributed by atoms with van der Waals surface area (Å²) in [4.78, 5) is 15.1. The van der Waals surface area contributed by atoms with Crippen LogP contribution in [-0.2, 0) is 4.74 Å². The van der Waals surface area contributed by atoms with Crippen LogP contribution in [0, 0.1) is 5.95 Å². The summed E-state index contributed by atoms with van der Waals surface area (Å²) in [5, 5.41) is 2.78. The standard InChI is InChI=1S/C13H19ClFN3O2/c1-13(2,3)20-12(19)18-7-8(6-16)10-9(14)4-5-17-11(10)15/h4-5,8H,6-7,16H2,1-3H3,(H,18,19). The predicted molar refractivity (Wildman–Crippen MR) is 75.2 cm³/mol. The van der Waals surface area contributed by atoms with Gasteiger partial charge in [0.2, 0.25) is 5.95 Å². The first-order valence-corrected chi connectivity index (χ1v) is 6.59. The Hall–Kier alpha value is -1.40. The molecule has 20 heavy (non-hydrogen) atoms. The number of nitrogens with zero attached hydrogens (tertiary/aromatic N) is 1. The second kappa shape index (κ2) is 6.85. The van der Waals surface area contributed by atoms with Crippen molar-refractivity contribution in [2.24, 2.45) is 5.73 Å². The molecule has 1 unspecified atom stereocenters. The van der Waals surface area contributed by atoms with Gasteiger partial charge in [-0.3, -0.25) is 0 Å². The summed E-state index contributed by atoms with van der Waals surface area (Å²) in [5.41, 5.74) is 5.21. The number of ether oxygens (including phenoxy) is 1. The maximum Gasteiger partial charge on any atom is 0.407 e. The van der Waals surface area contributed by atoms with Crippen LogP contribution in [0.5, 0.6) is 0 Å². The molecule has 1 amide bonds. The Morgan fingerprint density at radius 1 is 1.60 bits per heavy atom. The number of carbonyl (C=O) groups excluding carboxylic acids is 1. The minimum Gasteiger partial charge on any atom is -0.444 e. The van der Waals surface area contributed by atoms with E-state index in [1.54, 1.807) is 20.8 Å². The molecule has 0 saturated heterocycles. The second-order valence-corrected chi connectivity index (χ2v) is 5.72. The highest BCUT2D eigenvalue weighted by Crippen LogP contribution is 2.25. The number of hydrogen-bond donors (Lipinski definition) is 2. The summed E-state index contributed by atoms with van der Waals surface area (Å²) in [6.07, 6.45) is 0.687. The van der Waals surface area contributed by atoms with Gasteiger partial charge in [-0.1, -0.05) is 11.6 Å². The molecule has 1 rings (SSSR count). The number of rotatable bonds is 4. The van der Waals surface area contributed by atoms with E-state index in [0.717, 1.165) is 0 Å². The van der Waals surface area contributed by atoms with E-state index in [1.807, 2.05) is 0 Å². The van der Waals surface area contributed by atoms with Gasteiger partial charge in [-0.05, 0) is 26.8 Å². The molecule has 5 nitrogen and oxygen atoms in total. The first kappa shape index (κ1) is 16.7. The molecule has 0 aliphatic carbocycles. The van der Waals surface area contributed by atoms with Gasteiger partial charge >= 0.3 is 6.09 Å². The van der Waals surface area contributed by atoms with E-state index in [9.17, 15) is 9.18 Å². The molecule has 0 spiro atoms. The van der Waals surface area contributed by atoms with Crippen LogP contribution >= 0.6 is 11.6 Å². The van der Waals surface area contributed by atoms with Gasteiger partial charge in [-0.25, -0.2) is 9.78 Å². The molecule has 0 aromatic carbocycles. The average molecular weight is 304 g/mol. The molecule has 0 aliphatic heterocycles. The van der Waals surface area contributed by atoms with Crippen LogP contribution in [-0.4, -0.2) is 29.8 Å². The highest BCUT2D eigenvalue weighted by Gasteiger charge is 2.21. The van der Waals surface area contributed by atoms with Crippen LogP contribution in [0.2, 0.25) is 5.02 Å². The maximum absolute atomic E-state index is 13.7. The quantitative estimate of drug-likeness (QED) is 0.838. The van der Waals surface area contributed by atoms with Crippen molar-refractivity contribution in [1.82, 2.24) is 10.3 Å². The molecule has 112 valence electrons. The number of hydrogen-bond acceptors (Lipinski definition) is 4. The van der Waals surface area contributed by atoms with Gasteiger partial charge in [0.15, 0.2) is 0 Å². The molecule has 1 heterocycles. The van der Waals surface area contributed by atoms with E-state index < -0.39 is 23.6 Å². The maximum atomic E-state index is 13.7.